The van der Waals surface area contributed by atoms with Gasteiger partial charge in [-0.15, -0.1) is 0 Å². The lowest BCUT2D eigenvalue weighted by molar-refractivity contribution is -0.137. The molecule has 0 atom stereocenters. The highest BCUT2D eigenvalue weighted by Gasteiger charge is 2.33. The summed E-state index contributed by atoms with van der Waals surface area (Å²) >= 11 is 0. The Kier molecular flexibility index (Phi) is 2.34. The zero-order valence-electron chi connectivity index (χ0n) is 8.05. The summed E-state index contributed by atoms with van der Waals surface area (Å²) in [5.74, 6) is 0.0898. The van der Waals surface area contributed by atoms with Crippen LogP contribution in [0, 0.1) is 0 Å². The number of aromatic nitrogens is 2. The maximum atomic E-state index is 12.7. The minimum Gasteiger partial charge on any atom is -0.369 e. The predicted octanol–water partition coefficient (Wildman–Crippen LogP) is 2.68. The highest BCUT2D eigenvalue weighted by molar-refractivity contribution is 5.65. The highest BCUT2D eigenvalue weighted by atomic mass is 19.4. The van der Waals surface area contributed by atoms with Crippen molar-refractivity contribution in [3.05, 3.63) is 36.0 Å². The Morgan fingerprint density at radius 3 is 2.44 bits per heavy atom. The number of rotatable bonds is 1. The van der Waals surface area contributed by atoms with E-state index in [1.54, 1.807) is 0 Å². The zero-order valence-corrected chi connectivity index (χ0v) is 8.05. The number of hydrogen-bond acceptors (Lipinski definition) is 2. The van der Waals surface area contributed by atoms with Crippen molar-refractivity contribution < 1.29 is 13.2 Å². The number of benzene rings is 1. The predicted molar refractivity (Wildman–Crippen MR) is 53.4 cm³/mol. The van der Waals surface area contributed by atoms with Gasteiger partial charge in [0.25, 0.3) is 0 Å². The number of anilines is 1. The van der Waals surface area contributed by atoms with Gasteiger partial charge in [-0.05, 0) is 6.07 Å². The van der Waals surface area contributed by atoms with Crippen LogP contribution < -0.4 is 5.73 Å². The van der Waals surface area contributed by atoms with Gasteiger partial charge in [0.2, 0.25) is 0 Å². The summed E-state index contributed by atoms with van der Waals surface area (Å²) < 4.78 is 38.0. The van der Waals surface area contributed by atoms with E-state index in [4.69, 9.17) is 5.73 Å². The molecule has 0 aliphatic heterocycles. The topological polar surface area (TPSA) is 54.7 Å². The molecule has 0 spiro atoms. The molecule has 3 nitrogen and oxygen atoms in total. The maximum absolute atomic E-state index is 12.7. The van der Waals surface area contributed by atoms with E-state index in [-0.39, 0.29) is 17.2 Å². The van der Waals surface area contributed by atoms with Crippen LogP contribution in [0.2, 0.25) is 0 Å². The van der Waals surface area contributed by atoms with Gasteiger partial charge in [-0.1, -0.05) is 18.2 Å². The second-order valence-corrected chi connectivity index (χ2v) is 3.23. The smallest absolute Gasteiger partial charge is 0.369 e. The molecule has 0 radical (unpaired) electrons. The number of nitrogen functional groups attached to an aromatic ring is 1. The van der Waals surface area contributed by atoms with Crippen LogP contribution in [0.1, 0.15) is 5.56 Å². The van der Waals surface area contributed by atoms with Crippen LogP contribution in [0.25, 0.3) is 11.3 Å². The van der Waals surface area contributed by atoms with Gasteiger partial charge in [0, 0.05) is 5.56 Å². The number of halogens is 3. The molecule has 0 saturated heterocycles. The lowest BCUT2D eigenvalue weighted by atomic mass is 10.1. The molecule has 3 N–H and O–H groups in total. The molecule has 2 aromatic rings. The number of nitrogens with two attached hydrogens (primary N) is 1. The first-order chi connectivity index (χ1) is 7.48. The Morgan fingerprint density at radius 2 is 1.88 bits per heavy atom. The number of imidazole rings is 1. The van der Waals surface area contributed by atoms with E-state index >= 15 is 0 Å². The lowest BCUT2D eigenvalue weighted by Crippen LogP contribution is -2.06. The van der Waals surface area contributed by atoms with Crippen LogP contribution in [0.3, 0.4) is 0 Å². The van der Waals surface area contributed by atoms with Gasteiger partial charge < -0.3 is 10.7 Å². The quantitative estimate of drug-likeness (QED) is 0.786. The van der Waals surface area contributed by atoms with E-state index in [1.165, 1.54) is 24.4 Å². The molecule has 0 fully saturated rings. The van der Waals surface area contributed by atoms with Crippen LogP contribution in [-0.4, -0.2) is 9.97 Å². The Morgan fingerprint density at radius 1 is 1.19 bits per heavy atom. The number of aromatic amines is 1. The standard InChI is InChI=1S/C10H8F3N3/c11-10(12,13)7-4-2-1-3-6(7)8-5-15-9(14)16-8/h1-5H,(H3,14,15,16). The Labute approximate surface area is 89.1 Å². The average Bonchev–Trinajstić information content (AvgIpc) is 2.64. The molecule has 16 heavy (non-hydrogen) atoms. The summed E-state index contributed by atoms with van der Waals surface area (Å²) in [6.45, 7) is 0. The monoisotopic (exact) mass is 227 g/mol. The molecular formula is C10H8F3N3. The summed E-state index contributed by atoms with van der Waals surface area (Å²) in [6, 6.07) is 5.26. The number of H-pyrrole nitrogens is 1. The van der Waals surface area contributed by atoms with Crippen molar-refractivity contribution in [3.63, 3.8) is 0 Å². The van der Waals surface area contributed by atoms with Crippen LogP contribution >= 0.6 is 0 Å². The van der Waals surface area contributed by atoms with Crippen molar-refractivity contribution in [2.24, 2.45) is 0 Å². The van der Waals surface area contributed by atoms with Crippen molar-refractivity contribution in [2.45, 2.75) is 6.18 Å². The Balaban J connectivity index is 2.57. The van der Waals surface area contributed by atoms with Crippen molar-refractivity contribution in [1.82, 2.24) is 9.97 Å². The third-order valence-corrected chi connectivity index (χ3v) is 2.12. The normalized spacial score (nSPS) is 11.7. The molecule has 2 rings (SSSR count). The maximum Gasteiger partial charge on any atom is 0.417 e. The minimum atomic E-state index is -4.39. The number of nitrogens with zero attached hydrogens (tertiary/aromatic N) is 1. The first-order valence-electron chi connectivity index (χ1n) is 4.45. The largest absolute Gasteiger partial charge is 0.417 e. The van der Waals surface area contributed by atoms with Gasteiger partial charge in [-0.3, -0.25) is 0 Å². The van der Waals surface area contributed by atoms with Gasteiger partial charge in [-0.2, -0.15) is 13.2 Å². The van der Waals surface area contributed by atoms with Crippen LogP contribution in [0.15, 0.2) is 30.5 Å². The summed E-state index contributed by atoms with van der Waals surface area (Å²) in [5, 5.41) is 0. The van der Waals surface area contributed by atoms with Gasteiger partial charge in [-0.25, -0.2) is 4.98 Å². The van der Waals surface area contributed by atoms with E-state index in [0.29, 0.717) is 0 Å². The molecule has 1 aromatic carbocycles. The van der Waals surface area contributed by atoms with Crippen LogP contribution in [0.4, 0.5) is 19.1 Å². The molecule has 0 saturated carbocycles. The molecular weight excluding hydrogens is 219 g/mol. The lowest BCUT2D eigenvalue weighted by Gasteiger charge is -2.10. The van der Waals surface area contributed by atoms with E-state index in [9.17, 15) is 13.2 Å². The van der Waals surface area contributed by atoms with Crippen LogP contribution in [0.5, 0.6) is 0 Å². The Bertz CT molecular complexity index is 502. The van der Waals surface area contributed by atoms with Gasteiger partial charge in [0.1, 0.15) is 0 Å². The molecule has 0 amide bonds. The number of alkyl halides is 3. The molecule has 6 heteroatoms. The van der Waals surface area contributed by atoms with E-state index in [2.05, 4.69) is 9.97 Å². The zero-order chi connectivity index (χ0) is 11.8. The SMILES string of the molecule is Nc1ncc(-c2ccccc2C(F)(F)F)[nH]1. The van der Waals surface area contributed by atoms with E-state index in [1.807, 2.05) is 0 Å². The van der Waals surface area contributed by atoms with Gasteiger partial charge in [0.05, 0.1) is 17.5 Å². The summed E-state index contributed by atoms with van der Waals surface area (Å²) in [6.07, 6.45) is -3.11. The fourth-order valence-electron chi connectivity index (χ4n) is 1.44. The van der Waals surface area contributed by atoms with Crippen molar-refractivity contribution in [1.29, 1.82) is 0 Å². The number of nitrogens with one attached hydrogen (secondary N) is 1. The van der Waals surface area contributed by atoms with E-state index < -0.39 is 11.7 Å². The third-order valence-electron chi connectivity index (χ3n) is 2.12. The summed E-state index contributed by atoms with van der Waals surface area (Å²) in [4.78, 5) is 6.24. The fourth-order valence-corrected chi connectivity index (χ4v) is 1.44. The molecule has 84 valence electrons. The second-order valence-electron chi connectivity index (χ2n) is 3.23. The van der Waals surface area contributed by atoms with Gasteiger partial charge in [0.15, 0.2) is 5.95 Å². The van der Waals surface area contributed by atoms with Gasteiger partial charge >= 0.3 is 6.18 Å². The summed E-state index contributed by atoms with van der Waals surface area (Å²) in [7, 11) is 0. The second kappa shape index (κ2) is 3.55. The summed E-state index contributed by atoms with van der Waals surface area (Å²) in [5.41, 5.74) is 4.91. The van der Waals surface area contributed by atoms with Crippen LogP contribution in [-0.2, 0) is 6.18 Å². The highest BCUT2D eigenvalue weighted by Crippen LogP contribution is 2.36. The van der Waals surface area contributed by atoms with Crippen molar-refractivity contribution >= 4 is 5.95 Å². The fraction of sp³-hybridized carbons (Fsp3) is 0.100. The molecule has 1 heterocycles. The van der Waals surface area contributed by atoms with Crippen molar-refractivity contribution in [2.75, 3.05) is 5.73 Å². The average molecular weight is 227 g/mol. The first-order valence-corrected chi connectivity index (χ1v) is 4.45. The molecule has 0 unspecified atom stereocenters. The molecule has 1 aromatic heterocycles. The third kappa shape index (κ3) is 1.86. The van der Waals surface area contributed by atoms with E-state index in [0.717, 1.165) is 6.07 Å². The molecule has 0 bridgehead atoms. The molecule has 0 aliphatic carbocycles. The minimum absolute atomic E-state index is 0.0409. The Hall–Kier alpha value is -1.98. The first kappa shape index (κ1) is 10.5. The molecule has 0 aliphatic rings. The van der Waals surface area contributed by atoms with Crippen molar-refractivity contribution in [3.8, 4) is 11.3 Å². The number of hydrogen-bond donors (Lipinski definition) is 2.